The van der Waals surface area contributed by atoms with Crippen molar-refractivity contribution in [2.24, 2.45) is 0 Å². The summed E-state index contributed by atoms with van der Waals surface area (Å²) in [7, 11) is 0. The average molecular weight is 340 g/mol. The maximum absolute atomic E-state index is 12.3. The molecular formula is C20H24N2O3. The van der Waals surface area contributed by atoms with E-state index in [4.69, 9.17) is 4.74 Å². The van der Waals surface area contributed by atoms with E-state index in [1.807, 2.05) is 11.0 Å². The summed E-state index contributed by atoms with van der Waals surface area (Å²) in [5.74, 6) is 0.365. The molecule has 0 atom stereocenters. The first kappa shape index (κ1) is 17.3. The van der Waals surface area contributed by atoms with E-state index in [-0.39, 0.29) is 18.3 Å². The van der Waals surface area contributed by atoms with Gasteiger partial charge in [0.05, 0.1) is 0 Å². The molecule has 1 amide bonds. The van der Waals surface area contributed by atoms with Crippen molar-refractivity contribution in [3.63, 3.8) is 0 Å². The van der Waals surface area contributed by atoms with Gasteiger partial charge in [0.1, 0.15) is 0 Å². The van der Waals surface area contributed by atoms with Gasteiger partial charge in [0.25, 0.3) is 5.91 Å². The average Bonchev–Trinajstić information content (AvgIpc) is 2.67. The second-order valence-corrected chi connectivity index (χ2v) is 6.21. The van der Waals surface area contributed by atoms with Gasteiger partial charge in [0, 0.05) is 32.7 Å². The fourth-order valence-corrected chi connectivity index (χ4v) is 2.96. The number of benzene rings is 2. The van der Waals surface area contributed by atoms with Gasteiger partial charge < -0.3 is 14.7 Å². The lowest BCUT2D eigenvalue weighted by molar-refractivity contribution is -0.135. The SMILES string of the molecule is O=C(COc1ccccc1O)N1CCN(CCc2ccccc2)CC1. The second kappa shape index (κ2) is 8.53. The molecule has 2 aromatic carbocycles. The normalized spacial score (nSPS) is 15.1. The number of carbonyl (C=O) groups is 1. The number of piperazine rings is 1. The number of amides is 1. The number of phenolic OH excluding ortho intramolecular Hbond substituents is 1. The molecule has 0 aromatic heterocycles. The molecular weight excluding hydrogens is 316 g/mol. The van der Waals surface area contributed by atoms with Crippen molar-refractivity contribution in [1.29, 1.82) is 0 Å². The number of para-hydroxylation sites is 2. The van der Waals surface area contributed by atoms with Crippen LogP contribution in [0, 0.1) is 0 Å². The Morgan fingerprint density at radius 1 is 0.960 bits per heavy atom. The highest BCUT2D eigenvalue weighted by molar-refractivity contribution is 5.78. The predicted octanol–water partition coefficient (Wildman–Crippen LogP) is 2.16. The van der Waals surface area contributed by atoms with Gasteiger partial charge in [0.2, 0.25) is 0 Å². The van der Waals surface area contributed by atoms with Crippen molar-refractivity contribution in [2.75, 3.05) is 39.3 Å². The highest BCUT2D eigenvalue weighted by Gasteiger charge is 2.21. The summed E-state index contributed by atoms with van der Waals surface area (Å²) in [6.45, 7) is 4.18. The molecule has 2 aromatic rings. The summed E-state index contributed by atoms with van der Waals surface area (Å²) in [5.41, 5.74) is 1.34. The summed E-state index contributed by atoms with van der Waals surface area (Å²) in [4.78, 5) is 16.5. The number of ether oxygens (including phenoxy) is 1. The summed E-state index contributed by atoms with van der Waals surface area (Å²) in [6.07, 6.45) is 1.03. The van der Waals surface area contributed by atoms with Crippen molar-refractivity contribution < 1.29 is 14.6 Å². The second-order valence-electron chi connectivity index (χ2n) is 6.21. The number of phenols is 1. The Morgan fingerprint density at radius 2 is 1.64 bits per heavy atom. The largest absolute Gasteiger partial charge is 0.504 e. The molecule has 25 heavy (non-hydrogen) atoms. The number of hydrogen-bond acceptors (Lipinski definition) is 4. The van der Waals surface area contributed by atoms with Crippen LogP contribution in [0.15, 0.2) is 54.6 Å². The van der Waals surface area contributed by atoms with E-state index in [1.165, 1.54) is 5.56 Å². The Hall–Kier alpha value is -2.53. The monoisotopic (exact) mass is 340 g/mol. The van der Waals surface area contributed by atoms with Crippen LogP contribution < -0.4 is 4.74 Å². The van der Waals surface area contributed by atoms with E-state index >= 15 is 0 Å². The molecule has 1 heterocycles. The molecule has 1 aliphatic rings. The van der Waals surface area contributed by atoms with Gasteiger partial charge in [0.15, 0.2) is 18.1 Å². The summed E-state index contributed by atoms with van der Waals surface area (Å²) in [6, 6.07) is 17.2. The fourth-order valence-electron chi connectivity index (χ4n) is 2.96. The van der Waals surface area contributed by atoms with Crippen LogP contribution in [-0.4, -0.2) is 60.1 Å². The van der Waals surface area contributed by atoms with Crippen LogP contribution in [0.5, 0.6) is 11.5 Å². The van der Waals surface area contributed by atoms with Crippen LogP contribution in [0.3, 0.4) is 0 Å². The smallest absolute Gasteiger partial charge is 0.260 e. The minimum Gasteiger partial charge on any atom is -0.504 e. The number of rotatable bonds is 6. The standard InChI is InChI=1S/C20H24N2O3/c23-18-8-4-5-9-19(18)25-16-20(24)22-14-12-21(13-15-22)11-10-17-6-2-1-3-7-17/h1-9,23H,10-16H2. The molecule has 0 radical (unpaired) electrons. The fraction of sp³-hybridized carbons (Fsp3) is 0.350. The lowest BCUT2D eigenvalue weighted by Crippen LogP contribution is -2.50. The third-order valence-electron chi connectivity index (χ3n) is 4.50. The Balaban J connectivity index is 1.39. The highest BCUT2D eigenvalue weighted by Crippen LogP contribution is 2.24. The quantitative estimate of drug-likeness (QED) is 0.876. The first-order chi connectivity index (χ1) is 12.2. The van der Waals surface area contributed by atoms with Crippen LogP contribution >= 0.6 is 0 Å². The Kier molecular flexibility index (Phi) is 5.90. The number of aromatic hydroxyl groups is 1. The van der Waals surface area contributed by atoms with E-state index in [0.717, 1.165) is 39.1 Å². The first-order valence-corrected chi connectivity index (χ1v) is 8.67. The van der Waals surface area contributed by atoms with Gasteiger partial charge in [-0.2, -0.15) is 0 Å². The molecule has 132 valence electrons. The van der Waals surface area contributed by atoms with Crippen molar-refractivity contribution >= 4 is 5.91 Å². The summed E-state index contributed by atoms with van der Waals surface area (Å²) < 4.78 is 5.43. The van der Waals surface area contributed by atoms with Crippen LogP contribution in [0.2, 0.25) is 0 Å². The molecule has 5 nitrogen and oxygen atoms in total. The van der Waals surface area contributed by atoms with E-state index in [2.05, 4.69) is 29.2 Å². The van der Waals surface area contributed by atoms with Crippen LogP contribution in [0.4, 0.5) is 0 Å². The molecule has 1 fully saturated rings. The summed E-state index contributed by atoms with van der Waals surface area (Å²) in [5, 5.41) is 9.66. The lowest BCUT2D eigenvalue weighted by Gasteiger charge is -2.34. The topological polar surface area (TPSA) is 53.0 Å². The minimum absolute atomic E-state index is 0.0361. The van der Waals surface area contributed by atoms with E-state index in [1.54, 1.807) is 24.3 Å². The van der Waals surface area contributed by atoms with E-state index < -0.39 is 0 Å². The molecule has 1 aliphatic heterocycles. The molecule has 0 spiro atoms. The van der Waals surface area contributed by atoms with Crippen LogP contribution in [0.1, 0.15) is 5.56 Å². The van der Waals surface area contributed by atoms with E-state index in [0.29, 0.717) is 5.75 Å². The zero-order chi connectivity index (χ0) is 17.5. The molecule has 0 bridgehead atoms. The van der Waals surface area contributed by atoms with Gasteiger partial charge in [-0.3, -0.25) is 9.69 Å². The van der Waals surface area contributed by atoms with Gasteiger partial charge >= 0.3 is 0 Å². The Morgan fingerprint density at radius 3 is 2.36 bits per heavy atom. The number of nitrogens with zero attached hydrogens (tertiary/aromatic N) is 2. The van der Waals surface area contributed by atoms with Gasteiger partial charge in [-0.05, 0) is 24.1 Å². The van der Waals surface area contributed by atoms with Crippen LogP contribution in [-0.2, 0) is 11.2 Å². The van der Waals surface area contributed by atoms with E-state index in [9.17, 15) is 9.90 Å². The Bertz CT molecular complexity index is 682. The van der Waals surface area contributed by atoms with Gasteiger partial charge in [-0.1, -0.05) is 42.5 Å². The molecule has 5 heteroatoms. The molecule has 1 saturated heterocycles. The van der Waals surface area contributed by atoms with Crippen molar-refractivity contribution in [3.8, 4) is 11.5 Å². The van der Waals surface area contributed by atoms with Gasteiger partial charge in [-0.25, -0.2) is 0 Å². The molecule has 3 rings (SSSR count). The third-order valence-corrected chi connectivity index (χ3v) is 4.50. The van der Waals surface area contributed by atoms with Crippen LogP contribution in [0.25, 0.3) is 0 Å². The molecule has 0 unspecified atom stereocenters. The van der Waals surface area contributed by atoms with Crippen molar-refractivity contribution in [3.05, 3.63) is 60.2 Å². The molecule has 0 aliphatic carbocycles. The zero-order valence-corrected chi connectivity index (χ0v) is 14.3. The van der Waals surface area contributed by atoms with Gasteiger partial charge in [-0.15, -0.1) is 0 Å². The maximum Gasteiger partial charge on any atom is 0.260 e. The number of hydrogen-bond donors (Lipinski definition) is 1. The molecule has 1 N–H and O–H groups in total. The zero-order valence-electron chi connectivity index (χ0n) is 14.3. The summed E-state index contributed by atoms with van der Waals surface area (Å²) >= 11 is 0. The predicted molar refractivity (Wildman–Crippen MR) is 96.8 cm³/mol. The third kappa shape index (κ3) is 4.97. The lowest BCUT2D eigenvalue weighted by atomic mass is 10.1. The maximum atomic E-state index is 12.3. The first-order valence-electron chi connectivity index (χ1n) is 8.67. The van der Waals surface area contributed by atoms with Crippen molar-refractivity contribution in [1.82, 2.24) is 9.80 Å². The molecule has 0 saturated carbocycles. The highest BCUT2D eigenvalue weighted by atomic mass is 16.5. The minimum atomic E-state index is -0.0401. The van der Waals surface area contributed by atoms with Crippen molar-refractivity contribution in [2.45, 2.75) is 6.42 Å². The Labute approximate surface area is 148 Å². The number of carbonyl (C=O) groups excluding carboxylic acids is 1.